The zero-order valence-electron chi connectivity index (χ0n) is 7.26. The fourth-order valence-electron chi connectivity index (χ4n) is 1.35. The molecule has 0 amide bonds. The summed E-state index contributed by atoms with van der Waals surface area (Å²) in [7, 11) is 0. The minimum atomic E-state index is -2.14. The van der Waals surface area contributed by atoms with Crippen LogP contribution in [-0.2, 0) is 0 Å². The second-order valence-corrected chi connectivity index (χ2v) is 18.5. The monoisotopic (exact) mass is 278 g/mol. The van der Waals surface area contributed by atoms with Crippen molar-refractivity contribution < 1.29 is 0 Å². The summed E-state index contributed by atoms with van der Waals surface area (Å²) in [5.74, 6) is 0. The van der Waals surface area contributed by atoms with Crippen LogP contribution in [0.1, 0.15) is 20.8 Å². The van der Waals surface area contributed by atoms with E-state index in [1.807, 2.05) is 0 Å². The molecule has 0 heterocycles. The van der Waals surface area contributed by atoms with Gasteiger partial charge in [-0.05, 0) is 0 Å². The summed E-state index contributed by atoms with van der Waals surface area (Å²) in [6.07, 6.45) is 0. The molecule has 0 saturated heterocycles. The third-order valence-electron chi connectivity index (χ3n) is 2.63. The number of rotatable bonds is 3. The van der Waals surface area contributed by atoms with E-state index in [0.717, 1.165) is 15.8 Å². The summed E-state index contributed by atoms with van der Waals surface area (Å²) in [5, 5.41) is 3.30. The molecule has 68 valence electrons. The molecule has 0 nitrogen and oxygen atoms in total. The molecule has 0 spiro atoms. The minimum absolute atomic E-state index is 0.932. The maximum atomic E-state index is 5.97. The van der Waals surface area contributed by atoms with Crippen LogP contribution in [-0.4, -0.2) is 15.9 Å². The van der Waals surface area contributed by atoms with Crippen molar-refractivity contribution in [3.8, 4) is 0 Å². The van der Waals surface area contributed by atoms with Crippen molar-refractivity contribution in [1.29, 1.82) is 0 Å². The summed E-state index contributed by atoms with van der Waals surface area (Å²) >= 11 is 15.8. The van der Waals surface area contributed by atoms with Crippen LogP contribution in [0, 0.1) is 0 Å². The Morgan fingerprint density at radius 3 is 1.18 bits per heavy atom. The van der Waals surface area contributed by atoms with Gasteiger partial charge in [-0.25, -0.2) is 0 Å². The molecule has 0 aromatic rings. The van der Waals surface area contributed by atoms with Crippen molar-refractivity contribution in [3.05, 3.63) is 0 Å². The van der Waals surface area contributed by atoms with E-state index in [1.54, 1.807) is 0 Å². The van der Waals surface area contributed by atoms with E-state index in [-0.39, 0.29) is 0 Å². The summed E-state index contributed by atoms with van der Waals surface area (Å²) < 4.78 is -0.932. The molecule has 4 heteroatoms. The molecule has 11 heavy (non-hydrogen) atoms. The van der Waals surface area contributed by atoms with E-state index in [9.17, 15) is 0 Å². The summed E-state index contributed by atoms with van der Waals surface area (Å²) in [5.41, 5.74) is 0. The Kier molecular flexibility index (Phi) is 5.18. The first kappa shape index (κ1) is 12.4. The van der Waals surface area contributed by atoms with E-state index in [1.165, 1.54) is 0 Å². The van der Waals surface area contributed by atoms with E-state index in [4.69, 9.17) is 34.8 Å². The van der Waals surface area contributed by atoms with Gasteiger partial charge in [0.1, 0.15) is 0 Å². The van der Waals surface area contributed by atoms with Gasteiger partial charge in [0.25, 0.3) is 0 Å². The molecule has 0 aromatic carbocycles. The third-order valence-corrected chi connectivity index (χ3v) is 19.9. The first-order valence-corrected chi connectivity index (χ1v) is 10.6. The first-order valence-electron chi connectivity index (χ1n) is 4.00. The number of alkyl halides is 3. The topological polar surface area (TPSA) is 0 Å². The Morgan fingerprint density at radius 1 is 0.909 bits per heavy atom. The fourth-order valence-corrected chi connectivity index (χ4v) is 13.3. The number of halogens is 3. The molecule has 0 atom stereocenters. The van der Waals surface area contributed by atoms with Gasteiger partial charge in [-0.3, -0.25) is 0 Å². The summed E-state index contributed by atoms with van der Waals surface area (Å²) in [6.45, 7) is 6.44. The Bertz CT molecular complexity index is 107. The van der Waals surface area contributed by atoms with Gasteiger partial charge in [-0.15, -0.1) is 0 Å². The zero-order chi connectivity index (χ0) is 9.12. The van der Waals surface area contributed by atoms with Crippen molar-refractivity contribution >= 4 is 48.1 Å². The molecular weight excluding hydrogens is 263 g/mol. The summed E-state index contributed by atoms with van der Waals surface area (Å²) in [6, 6.07) is 0. The molecule has 0 rings (SSSR count). The molecule has 0 saturated carbocycles. The van der Waals surface area contributed by atoms with Crippen LogP contribution in [0.3, 0.4) is 0 Å². The molecule has 0 bridgehead atoms. The van der Waals surface area contributed by atoms with Crippen LogP contribution < -0.4 is 0 Å². The molecular formula is C7H15Cl3Ge. The molecule has 0 aromatic heterocycles. The molecule has 0 radical (unpaired) electrons. The maximum absolute atomic E-state index is 5.97. The Labute approximate surface area is 86.9 Å². The average molecular weight is 278 g/mol. The molecule has 0 aliphatic rings. The Balaban J connectivity index is 4.54. The van der Waals surface area contributed by atoms with Crippen molar-refractivity contribution in [2.75, 3.05) is 0 Å². The van der Waals surface area contributed by atoms with Gasteiger partial charge in [-0.2, -0.15) is 0 Å². The second kappa shape index (κ2) is 4.59. The first-order chi connectivity index (χ1) is 4.93. The van der Waals surface area contributed by atoms with E-state index < -0.39 is 15.9 Å². The van der Waals surface area contributed by atoms with Crippen LogP contribution in [0.25, 0.3) is 0 Å². The van der Waals surface area contributed by atoms with Gasteiger partial charge in [0, 0.05) is 0 Å². The zero-order valence-corrected chi connectivity index (χ0v) is 11.6. The van der Waals surface area contributed by atoms with Crippen molar-refractivity contribution in [2.24, 2.45) is 0 Å². The number of hydrogen-bond donors (Lipinski definition) is 0. The van der Waals surface area contributed by atoms with Gasteiger partial charge in [0.05, 0.1) is 0 Å². The molecule has 0 unspecified atom stereocenters. The molecule has 0 N–H and O–H groups in total. The van der Waals surface area contributed by atoms with E-state index >= 15 is 0 Å². The average Bonchev–Trinajstić information content (AvgIpc) is 1.90. The quantitative estimate of drug-likeness (QED) is 0.530. The fraction of sp³-hybridized carbons (Fsp3) is 1.00. The van der Waals surface area contributed by atoms with Crippen LogP contribution >= 0.6 is 34.8 Å². The second-order valence-electron chi connectivity index (χ2n) is 2.84. The van der Waals surface area contributed by atoms with Crippen LogP contribution in [0.15, 0.2) is 0 Å². The van der Waals surface area contributed by atoms with Gasteiger partial charge < -0.3 is 0 Å². The molecule has 0 fully saturated rings. The van der Waals surface area contributed by atoms with Crippen molar-refractivity contribution in [1.82, 2.24) is 0 Å². The molecule has 0 aliphatic carbocycles. The van der Waals surface area contributed by atoms with Gasteiger partial charge >= 0.3 is 87.2 Å². The van der Waals surface area contributed by atoms with E-state index in [2.05, 4.69) is 20.8 Å². The predicted molar refractivity (Wildman–Crippen MR) is 57.5 cm³/mol. The van der Waals surface area contributed by atoms with Gasteiger partial charge in [0.15, 0.2) is 0 Å². The Morgan fingerprint density at radius 2 is 1.18 bits per heavy atom. The van der Waals surface area contributed by atoms with Gasteiger partial charge in [0.2, 0.25) is 0 Å². The number of hydrogen-bond acceptors (Lipinski definition) is 0. The SMILES string of the molecule is C[CH2][Ge]([CH2]C)([CH2]C)[C](Cl)(Cl)Cl. The van der Waals surface area contributed by atoms with E-state index in [0.29, 0.717) is 0 Å². The van der Waals surface area contributed by atoms with Crippen LogP contribution in [0.5, 0.6) is 0 Å². The summed E-state index contributed by atoms with van der Waals surface area (Å²) in [4.78, 5) is 0. The standard InChI is InChI=1S/C7H15Cl3Ge/c1-4-11(5-2,6-3)7(8,9)10/h4-6H2,1-3H3. The van der Waals surface area contributed by atoms with Crippen molar-refractivity contribution in [2.45, 2.75) is 39.2 Å². The molecule has 0 aliphatic heterocycles. The van der Waals surface area contributed by atoms with Crippen molar-refractivity contribution in [3.63, 3.8) is 0 Å². The third kappa shape index (κ3) is 2.68. The van der Waals surface area contributed by atoms with Crippen LogP contribution in [0.4, 0.5) is 0 Å². The Hall–Kier alpha value is 1.41. The predicted octanol–water partition coefficient (Wildman–Crippen LogP) is 4.40. The normalized spacial score (nSPS) is 13.6. The van der Waals surface area contributed by atoms with Gasteiger partial charge in [-0.1, -0.05) is 0 Å². The van der Waals surface area contributed by atoms with Crippen LogP contribution in [0.2, 0.25) is 15.8 Å².